The molecule has 2 rings (SSSR count). The maximum absolute atomic E-state index is 6.42. The lowest BCUT2D eigenvalue weighted by Gasteiger charge is -2.33. The molecule has 1 heterocycles. The molecule has 3 unspecified atom stereocenters. The van der Waals surface area contributed by atoms with Crippen LogP contribution in [0.4, 0.5) is 0 Å². The highest BCUT2D eigenvalue weighted by Gasteiger charge is 2.32. The van der Waals surface area contributed by atoms with Crippen molar-refractivity contribution in [2.24, 2.45) is 11.7 Å². The molecule has 0 bridgehead atoms. The Morgan fingerprint density at radius 1 is 1.35 bits per heavy atom. The molecule has 0 aliphatic carbocycles. The van der Waals surface area contributed by atoms with Gasteiger partial charge in [0, 0.05) is 17.6 Å². The van der Waals surface area contributed by atoms with Crippen molar-refractivity contribution >= 4 is 11.6 Å². The molecule has 3 atom stereocenters. The molecule has 2 N–H and O–H groups in total. The van der Waals surface area contributed by atoms with E-state index in [9.17, 15) is 0 Å². The summed E-state index contributed by atoms with van der Waals surface area (Å²) in [5, 5.41) is 0.848. The van der Waals surface area contributed by atoms with Crippen molar-refractivity contribution in [1.29, 1.82) is 0 Å². The Kier molecular flexibility index (Phi) is 5.88. The van der Waals surface area contributed by atoms with Gasteiger partial charge in [-0.2, -0.15) is 0 Å². The minimum absolute atomic E-state index is 0.148. The summed E-state index contributed by atoms with van der Waals surface area (Å²) in [7, 11) is 0. The smallest absolute Gasteiger partial charge is 0.0513 e. The fourth-order valence-corrected chi connectivity index (χ4v) is 3.64. The lowest BCUT2D eigenvalue weighted by molar-refractivity contribution is 0.201. The number of hydrogen-bond donors (Lipinski definition) is 1. The Hall–Kier alpha value is -0.570. The van der Waals surface area contributed by atoms with Crippen LogP contribution in [0.2, 0.25) is 5.02 Å². The number of nitrogens with two attached hydrogens (primary N) is 1. The summed E-state index contributed by atoms with van der Waals surface area (Å²) < 4.78 is 0. The van der Waals surface area contributed by atoms with Crippen LogP contribution in [0.15, 0.2) is 24.3 Å². The van der Waals surface area contributed by atoms with Crippen LogP contribution >= 0.6 is 11.6 Å². The average Bonchev–Trinajstić information content (AvgIpc) is 2.90. The third-order valence-electron chi connectivity index (χ3n) is 4.51. The second kappa shape index (κ2) is 7.44. The molecule has 0 amide bonds. The van der Waals surface area contributed by atoms with E-state index in [0.717, 1.165) is 30.5 Å². The fraction of sp³-hybridized carbons (Fsp3) is 0.647. The van der Waals surface area contributed by atoms with E-state index in [4.69, 9.17) is 17.3 Å². The summed E-state index contributed by atoms with van der Waals surface area (Å²) in [5.74, 6) is 0.828. The highest BCUT2D eigenvalue weighted by Crippen LogP contribution is 2.35. The van der Waals surface area contributed by atoms with Gasteiger partial charge in [-0.3, -0.25) is 4.90 Å². The maximum atomic E-state index is 6.42. The van der Waals surface area contributed by atoms with Crippen LogP contribution in [-0.4, -0.2) is 24.0 Å². The minimum atomic E-state index is 0.148. The molecule has 3 heteroatoms. The lowest BCUT2D eigenvalue weighted by Crippen LogP contribution is -2.40. The van der Waals surface area contributed by atoms with Crippen LogP contribution in [0.5, 0.6) is 0 Å². The molecule has 0 saturated carbocycles. The number of benzene rings is 1. The minimum Gasteiger partial charge on any atom is -0.326 e. The van der Waals surface area contributed by atoms with Gasteiger partial charge in [0.1, 0.15) is 0 Å². The summed E-state index contributed by atoms with van der Waals surface area (Å²) >= 11 is 6.41. The van der Waals surface area contributed by atoms with Gasteiger partial charge >= 0.3 is 0 Å². The summed E-state index contributed by atoms with van der Waals surface area (Å²) in [5.41, 5.74) is 7.61. The Morgan fingerprint density at radius 3 is 2.75 bits per heavy atom. The van der Waals surface area contributed by atoms with Gasteiger partial charge in [-0.1, -0.05) is 50.1 Å². The molecular weight excluding hydrogens is 268 g/mol. The molecule has 1 aliphatic heterocycles. The van der Waals surface area contributed by atoms with E-state index in [1.807, 2.05) is 12.1 Å². The van der Waals surface area contributed by atoms with Crippen LogP contribution in [-0.2, 0) is 0 Å². The van der Waals surface area contributed by atoms with E-state index < -0.39 is 0 Å². The maximum Gasteiger partial charge on any atom is 0.0513 e. The quantitative estimate of drug-likeness (QED) is 0.850. The molecule has 1 aliphatic rings. The van der Waals surface area contributed by atoms with Crippen molar-refractivity contribution < 1.29 is 0 Å². The van der Waals surface area contributed by atoms with Crippen molar-refractivity contribution in [2.75, 3.05) is 13.1 Å². The van der Waals surface area contributed by atoms with E-state index in [1.54, 1.807) is 0 Å². The van der Waals surface area contributed by atoms with Gasteiger partial charge in [0.25, 0.3) is 0 Å². The van der Waals surface area contributed by atoms with Gasteiger partial charge < -0.3 is 5.73 Å². The van der Waals surface area contributed by atoms with Gasteiger partial charge in [0.15, 0.2) is 0 Å². The second-order valence-electron chi connectivity index (χ2n) is 5.98. The van der Waals surface area contributed by atoms with Crippen molar-refractivity contribution in [1.82, 2.24) is 4.90 Å². The molecular formula is C17H27ClN2. The predicted octanol–water partition coefficient (Wildman–Crippen LogP) is 4.24. The zero-order valence-electron chi connectivity index (χ0n) is 12.7. The fourth-order valence-electron chi connectivity index (χ4n) is 3.40. The molecule has 0 aromatic heterocycles. The third kappa shape index (κ3) is 3.55. The molecule has 1 aromatic rings. The van der Waals surface area contributed by atoms with Crippen molar-refractivity contribution in [2.45, 2.75) is 51.6 Å². The van der Waals surface area contributed by atoms with Gasteiger partial charge in [-0.25, -0.2) is 0 Å². The van der Waals surface area contributed by atoms with E-state index in [0.29, 0.717) is 0 Å². The van der Waals surface area contributed by atoms with E-state index in [1.165, 1.54) is 24.8 Å². The largest absolute Gasteiger partial charge is 0.326 e. The molecule has 1 saturated heterocycles. The topological polar surface area (TPSA) is 29.3 Å². The van der Waals surface area contributed by atoms with Crippen LogP contribution < -0.4 is 5.73 Å². The zero-order chi connectivity index (χ0) is 14.5. The molecule has 1 aromatic carbocycles. The Balaban J connectivity index is 2.19. The van der Waals surface area contributed by atoms with Gasteiger partial charge in [-0.15, -0.1) is 0 Å². The molecule has 2 nitrogen and oxygen atoms in total. The first-order valence-electron chi connectivity index (χ1n) is 7.91. The third-order valence-corrected chi connectivity index (χ3v) is 4.85. The van der Waals surface area contributed by atoms with Crippen molar-refractivity contribution in [3.63, 3.8) is 0 Å². The highest BCUT2D eigenvalue weighted by molar-refractivity contribution is 6.31. The number of rotatable bonds is 6. The molecule has 20 heavy (non-hydrogen) atoms. The van der Waals surface area contributed by atoms with E-state index >= 15 is 0 Å². The van der Waals surface area contributed by atoms with Crippen LogP contribution in [0.1, 0.15) is 51.1 Å². The number of nitrogens with zero attached hydrogens (tertiary/aromatic N) is 1. The first-order valence-corrected chi connectivity index (χ1v) is 8.29. The molecule has 0 radical (unpaired) electrons. The van der Waals surface area contributed by atoms with Gasteiger partial charge in [-0.05, 0) is 43.4 Å². The van der Waals surface area contributed by atoms with Gasteiger partial charge in [0.05, 0.1) is 6.04 Å². The van der Waals surface area contributed by atoms with Crippen molar-refractivity contribution in [3.05, 3.63) is 34.9 Å². The molecule has 1 fully saturated rings. The Labute approximate surface area is 128 Å². The predicted molar refractivity (Wildman–Crippen MR) is 87.0 cm³/mol. The first-order chi connectivity index (χ1) is 9.67. The molecule has 112 valence electrons. The number of likely N-dealkylation sites (tertiary alicyclic amines) is 1. The average molecular weight is 295 g/mol. The second-order valence-corrected chi connectivity index (χ2v) is 6.38. The van der Waals surface area contributed by atoms with Crippen LogP contribution in [0, 0.1) is 5.92 Å². The monoisotopic (exact) mass is 294 g/mol. The van der Waals surface area contributed by atoms with Crippen LogP contribution in [0.25, 0.3) is 0 Å². The van der Waals surface area contributed by atoms with Gasteiger partial charge in [0.2, 0.25) is 0 Å². The van der Waals surface area contributed by atoms with E-state index in [-0.39, 0.29) is 12.1 Å². The summed E-state index contributed by atoms with van der Waals surface area (Å²) in [4.78, 5) is 2.55. The summed E-state index contributed by atoms with van der Waals surface area (Å²) in [6, 6.07) is 8.58. The Bertz CT molecular complexity index is 421. The van der Waals surface area contributed by atoms with Crippen LogP contribution in [0.3, 0.4) is 0 Å². The lowest BCUT2D eigenvalue weighted by atomic mass is 9.96. The number of hydrogen-bond acceptors (Lipinski definition) is 2. The zero-order valence-corrected chi connectivity index (χ0v) is 13.4. The Morgan fingerprint density at radius 2 is 2.10 bits per heavy atom. The summed E-state index contributed by atoms with van der Waals surface area (Å²) in [6.45, 7) is 6.74. The van der Waals surface area contributed by atoms with E-state index in [2.05, 4.69) is 30.9 Å². The standard InChI is InChI=1S/C17H27ClN2/c1-3-7-13-10-11-20(12-13)17(16(19)4-2)14-8-5-6-9-15(14)18/h5-6,8-9,13,16-17H,3-4,7,10-12,19H2,1-2H3. The normalized spacial score (nSPS) is 22.9. The first kappa shape index (κ1) is 15.8. The highest BCUT2D eigenvalue weighted by atomic mass is 35.5. The van der Waals surface area contributed by atoms with Crippen molar-refractivity contribution in [3.8, 4) is 0 Å². The summed E-state index contributed by atoms with van der Waals surface area (Å²) in [6.07, 6.45) is 4.87. The molecule has 0 spiro atoms. The SMILES string of the molecule is CCCC1CCN(C(c2ccccc2Cl)C(N)CC)C1. The number of halogens is 1.